The molecular weight excluding hydrogens is 308 g/mol. The van der Waals surface area contributed by atoms with Gasteiger partial charge in [-0.2, -0.15) is 0 Å². The monoisotopic (exact) mass is 326 g/mol. The Morgan fingerprint density at radius 1 is 1.29 bits per heavy atom. The Labute approximate surface area is 139 Å². The summed E-state index contributed by atoms with van der Waals surface area (Å²) in [5, 5.41) is 2.76. The number of carbonyl (C=O) groups is 1. The van der Waals surface area contributed by atoms with Crippen LogP contribution in [-0.4, -0.2) is 10.9 Å². The minimum atomic E-state index is -0.151. The zero-order valence-electron chi connectivity index (χ0n) is 13.8. The molecule has 0 aliphatic carbocycles. The molecule has 3 aromatic rings. The molecule has 0 radical (unpaired) electrons. The highest BCUT2D eigenvalue weighted by Crippen LogP contribution is 2.28. The first-order chi connectivity index (χ1) is 11.5. The normalized spacial score (nSPS) is 10.6. The van der Waals surface area contributed by atoms with E-state index in [1.165, 1.54) is 6.92 Å². The van der Waals surface area contributed by atoms with E-state index >= 15 is 0 Å². The second kappa shape index (κ2) is 6.62. The van der Waals surface area contributed by atoms with Crippen LogP contribution >= 0.6 is 0 Å². The summed E-state index contributed by atoms with van der Waals surface area (Å²) in [6, 6.07) is 9.15. The Bertz CT molecular complexity index is 850. The molecule has 124 valence electrons. The summed E-state index contributed by atoms with van der Waals surface area (Å²) in [4.78, 5) is 15.7. The van der Waals surface area contributed by atoms with Crippen molar-refractivity contribution in [3.63, 3.8) is 0 Å². The van der Waals surface area contributed by atoms with Crippen LogP contribution in [0.2, 0.25) is 0 Å². The summed E-state index contributed by atoms with van der Waals surface area (Å²) >= 11 is 0. The number of benzene rings is 1. The van der Waals surface area contributed by atoms with Gasteiger partial charge < -0.3 is 18.9 Å². The second-order valence-corrected chi connectivity index (χ2v) is 5.47. The third kappa shape index (κ3) is 3.48. The van der Waals surface area contributed by atoms with Crippen LogP contribution in [0.4, 0.5) is 5.69 Å². The topological polar surface area (TPSA) is 77.5 Å². The lowest BCUT2D eigenvalue weighted by molar-refractivity contribution is -0.114. The third-order valence-corrected chi connectivity index (χ3v) is 3.44. The van der Waals surface area contributed by atoms with Gasteiger partial charge in [0.1, 0.15) is 23.8 Å². The van der Waals surface area contributed by atoms with E-state index < -0.39 is 0 Å². The van der Waals surface area contributed by atoms with Crippen LogP contribution in [0.15, 0.2) is 45.4 Å². The number of rotatable bonds is 5. The van der Waals surface area contributed by atoms with Gasteiger partial charge in [0.25, 0.3) is 5.89 Å². The molecule has 0 saturated heterocycles. The molecule has 6 heteroatoms. The number of ether oxygens (including phenoxy) is 1. The minimum absolute atomic E-state index is 0.151. The fourth-order valence-electron chi connectivity index (χ4n) is 2.26. The van der Waals surface area contributed by atoms with Crippen LogP contribution in [0.25, 0.3) is 11.7 Å². The van der Waals surface area contributed by atoms with Gasteiger partial charge in [-0.1, -0.05) is 6.07 Å². The van der Waals surface area contributed by atoms with E-state index in [4.69, 9.17) is 13.6 Å². The fraction of sp³-hybridized carbons (Fsp3) is 0.222. The highest BCUT2D eigenvalue weighted by Gasteiger charge is 2.15. The molecule has 24 heavy (non-hydrogen) atoms. The highest BCUT2D eigenvalue weighted by atomic mass is 16.5. The lowest BCUT2D eigenvalue weighted by atomic mass is 10.2. The molecule has 1 N–H and O–H groups in total. The van der Waals surface area contributed by atoms with Crippen LogP contribution in [0.1, 0.15) is 23.9 Å². The molecule has 6 nitrogen and oxygen atoms in total. The largest absolute Gasteiger partial charge is 0.485 e. The van der Waals surface area contributed by atoms with E-state index in [9.17, 15) is 4.79 Å². The van der Waals surface area contributed by atoms with Crippen molar-refractivity contribution in [2.45, 2.75) is 27.4 Å². The quantitative estimate of drug-likeness (QED) is 0.764. The number of anilines is 1. The van der Waals surface area contributed by atoms with Crippen LogP contribution in [0.5, 0.6) is 5.75 Å². The fourth-order valence-corrected chi connectivity index (χ4v) is 2.26. The number of oxazole rings is 1. The van der Waals surface area contributed by atoms with E-state index in [-0.39, 0.29) is 12.5 Å². The summed E-state index contributed by atoms with van der Waals surface area (Å²) in [5.74, 6) is 2.09. The van der Waals surface area contributed by atoms with Gasteiger partial charge in [0, 0.05) is 6.92 Å². The molecule has 0 saturated carbocycles. The molecule has 2 heterocycles. The van der Waals surface area contributed by atoms with E-state index in [1.807, 2.05) is 32.0 Å². The van der Waals surface area contributed by atoms with Crippen molar-refractivity contribution in [3.8, 4) is 17.4 Å². The standard InChI is InChI=1S/C18H18N2O4/c1-11-6-7-14(19-13(3)21)17(9-11)23-10-15-12(2)24-18(20-15)16-5-4-8-22-16/h4-9H,10H2,1-3H3,(H,19,21). The number of carbonyl (C=O) groups excluding carboxylic acids is 1. The predicted molar refractivity (Wildman–Crippen MR) is 88.8 cm³/mol. The van der Waals surface area contributed by atoms with Crippen LogP contribution < -0.4 is 10.1 Å². The molecule has 0 aliphatic heterocycles. The van der Waals surface area contributed by atoms with Gasteiger partial charge in [-0.05, 0) is 43.7 Å². The Morgan fingerprint density at radius 3 is 2.83 bits per heavy atom. The maximum atomic E-state index is 11.3. The number of furan rings is 1. The number of aromatic nitrogens is 1. The van der Waals surface area contributed by atoms with Gasteiger partial charge in [-0.3, -0.25) is 4.79 Å². The van der Waals surface area contributed by atoms with Crippen molar-refractivity contribution in [2.24, 2.45) is 0 Å². The Kier molecular flexibility index (Phi) is 4.37. The molecular formula is C18H18N2O4. The predicted octanol–water partition coefficient (Wildman–Crippen LogP) is 4.09. The van der Waals surface area contributed by atoms with Crippen molar-refractivity contribution in [2.75, 3.05) is 5.32 Å². The van der Waals surface area contributed by atoms with Gasteiger partial charge >= 0.3 is 0 Å². The number of aryl methyl sites for hydroxylation is 2. The molecule has 1 amide bonds. The lowest BCUT2D eigenvalue weighted by Gasteiger charge is -2.12. The maximum absolute atomic E-state index is 11.3. The van der Waals surface area contributed by atoms with Crippen molar-refractivity contribution >= 4 is 11.6 Å². The van der Waals surface area contributed by atoms with E-state index in [0.29, 0.717) is 34.5 Å². The maximum Gasteiger partial charge on any atom is 0.263 e. The molecule has 0 fully saturated rings. The Morgan fingerprint density at radius 2 is 2.12 bits per heavy atom. The van der Waals surface area contributed by atoms with Gasteiger partial charge in [-0.15, -0.1) is 0 Å². The summed E-state index contributed by atoms with van der Waals surface area (Å²) in [7, 11) is 0. The zero-order valence-corrected chi connectivity index (χ0v) is 13.8. The van der Waals surface area contributed by atoms with Crippen LogP contribution in [0, 0.1) is 13.8 Å². The van der Waals surface area contributed by atoms with Crippen molar-refractivity contribution < 1.29 is 18.4 Å². The molecule has 0 spiro atoms. The average Bonchev–Trinajstić information content (AvgIpc) is 3.16. The van der Waals surface area contributed by atoms with Gasteiger partial charge in [0.2, 0.25) is 5.91 Å². The van der Waals surface area contributed by atoms with E-state index in [2.05, 4.69) is 10.3 Å². The van der Waals surface area contributed by atoms with Crippen molar-refractivity contribution in [1.82, 2.24) is 4.98 Å². The number of hydrogen-bond acceptors (Lipinski definition) is 5. The molecule has 0 bridgehead atoms. The smallest absolute Gasteiger partial charge is 0.263 e. The summed E-state index contributed by atoms with van der Waals surface area (Å²) in [5.41, 5.74) is 2.34. The van der Waals surface area contributed by atoms with Gasteiger partial charge in [0.05, 0.1) is 12.0 Å². The van der Waals surface area contributed by atoms with Crippen molar-refractivity contribution in [3.05, 3.63) is 53.6 Å². The Hall–Kier alpha value is -3.02. The van der Waals surface area contributed by atoms with Crippen LogP contribution in [0.3, 0.4) is 0 Å². The van der Waals surface area contributed by atoms with E-state index in [1.54, 1.807) is 18.4 Å². The zero-order chi connectivity index (χ0) is 17.1. The molecule has 0 unspecified atom stereocenters. The highest BCUT2D eigenvalue weighted by molar-refractivity contribution is 5.90. The molecule has 0 atom stereocenters. The first kappa shape index (κ1) is 15.9. The molecule has 1 aromatic carbocycles. The lowest BCUT2D eigenvalue weighted by Crippen LogP contribution is -2.08. The second-order valence-electron chi connectivity index (χ2n) is 5.47. The SMILES string of the molecule is CC(=O)Nc1ccc(C)cc1OCc1nc(-c2ccco2)oc1C. The first-order valence-electron chi connectivity index (χ1n) is 7.54. The Balaban J connectivity index is 1.79. The third-order valence-electron chi connectivity index (χ3n) is 3.44. The van der Waals surface area contributed by atoms with Gasteiger partial charge in [0.15, 0.2) is 5.76 Å². The first-order valence-corrected chi connectivity index (χ1v) is 7.54. The number of hydrogen-bond donors (Lipinski definition) is 1. The minimum Gasteiger partial charge on any atom is -0.485 e. The number of nitrogens with one attached hydrogen (secondary N) is 1. The number of nitrogens with zero attached hydrogens (tertiary/aromatic N) is 1. The number of amides is 1. The van der Waals surface area contributed by atoms with Crippen LogP contribution in [-0.2, 0) is 11.4 Å². The molecule has 2 aromatic heterocycles. The summed E-state index contributed by atoms with van der Waals surface area (Å²) in [6.07, 6.45) is 1.57. The molecule has 3 rings (SSSR count). The average molecular weight is 326 g/mol. The van der Waals surface area contributed by atoms with Gasteiger partial charge in [-0.25, -0.2) is 4.98 Å². The summed E-state index contributed by atoms with van der Waals surface area (Å²) in [6.45, 7) is 5.47. The van der Waals surface area contributed by atoms with E-state index in [0.717, 1.165) is 5.56 Å². The molecule has 0 aliphatic rings. The van der Waals surface area contributed by atoms with Crippen molar-refractivity contribution in [1.29, 1.82) is 0 Å². The summed E-state index contributed by atoms with van der Waals surface area (Å²) < 4.78 is 16.7.